The van der Waals surface area contributed by atoms with E-state index >= 15 is 0 Å². The van der Waals surface area contributed by atoms with Gasteiger partial charge in [0, 0.05) is 0 Å². The van der Waals surface area contributed by atoms with Crippen molar-refractivity contribution in [1.82, 2.24) is 0 Å². The van der Waals surface area contributed by atoms with Gasteiger partial charge < -0.3 is 0 Å². The standard InChI is InChI=1S/C4H7O2.2Na.H/c1-2-3-6-4-5;;;/h2-3H2,1H3;;;. The molecule has 0 amide bonds. The van der Waals surface area contributed by atoms with Gasteiger partial charge in [0.05, 0.1) is 0 Å². The van der Waals surface area contributed by atoms with E-state index in [-0.39, 0.29) is 32.8 Å². The first-order valence-corrected chi connectivity index (χ1v) is 3.40. The zero-order valence-corrected chi connectivity index (χ0v) is 6.73. The summed E-state index contributed by atoms with van der Waals surface area (Å²) in [5, 5.41) is 0. The molecule has 0 unspecified atom stereocenters. The van der Waals surface area contributed by atoms with Crippen molar-refractivity contribution >= 4 is 60.7 Å². The zero-order chi connectivity index (χ0) is 5.70. The topological polar surface area (TPSA) is 26.3 Å². The summed E-state index contributed by atoms with van der Waals surface area (Å²) in [6.45, 7) is 2.56. The van der Waals surface area contributed by atoms with Gasteiger partial charge in [0.2, 0.25) is 0 Å². The molecule has 0 aromatic rings. The number of ether oxygens (including phenoxy) is 1. The van der Waals surface area contributed by atoms with Crippen LogP contribution in [0.2, 0.25) is 0 Å². The summed E-state index contributed by atoms with van der Waals surface area (Å²) in [6, 6.07) is 0. The van der Waals surface area contributed by atoms with Crippen LogP contribution in [-0.2, 0) is 4.74 Å². The fraction of sp³-hybridized carbons (Fsp3) is 0.750. The maximum atomic E-state index is 10.0. The second kappa shape index (κ2) is 8.47. The van der Waals surface area contributed by atoms with Crippen molar-refractivity contribution in [2.45, 2.75) is 13.3 Å². The van der Waals surface area contributed by atoms with Gasteiger partial charge in [-0.2, -0.15) is 0 Å². The molecule has 0 rings (SSSR count). The summed E-state index contributed by atoms with van der Waals surface area (Å²) in [5.41, 5.74) is 0. The first kappa shape index (κ1) is 12.2. The van der Waals surface area contributed by atoms with Crippen LogP contribution >= 0.6 is 0 Å². The van der Waals surface area contributed by atoms with E-state index in [1.165, 1.54) is 0 Å². The van der Waals surface area contributed by atoms with E-state index in [9.17, 15) is 4.79 Å². The first-order valence-electron chi connectivity index (χ1n) is 2.40. The fourth-order valence-electron chi connectivity index (χ4n) is 0.246. The van der Waals surface area contributed by atoms with Crippen LogP contribution < -0.4 is 0 Å². The molecule has 0 aromatic heterocycles. The summed E-state index contributed by atoms with van der Waals surface area (Å²) in [4.78, 5) is 10.0. The van der Waals surface area contributed by atoms with Crippen LogP contribution in [0, 0.1) is 0 Å². The number of carbonyl (C=O) groups is 1. The van der Waals surface area contributed by atoms with Crippen molar-refractivity contribution in [2.24, 2.45) is 0 Å². The Morgan fingerprint density at radius 1 is 1.75 bits per heavy atom. The molecule has 0 aliphatic rings. The third-order valence-electron chi connectivity index (χ3n) is 0.509. The SMILES string of the molecule is CCCO[C](=O)[Na].[NaH]. The second-order valence-corrected chi connectivity index (χ2v) is 2.16. The average molecular weight is 134 g/mol. The summed E-state index contributed by atoms with van der Waals surface area (Å²) >= 11 is 0.522. The Morgan fingerprint density at radius 2 is 2.25 bits per heavy atom. The van der Waals surface area contributed by atoms with Crippen molar-refractivity contribution < 1.29 is 9.53 Å². The molecular formula is C4H8Na2O2. The number of carbonyl (C=O) groups excluding carboxylic acids is 1. The average Bonchev–Trinajstić information content (AvgIpc) is 1.61. The van der Waals surface area contributed by atoms with Gasteiger partial charge in [-0.3, -0.25) is 0 Å². The van der Waals surface area contributed by atoms with Crippen molar-refractivity contribution in [1.29, 1.82) is 0 Å². The van der Waals surface area contributed by atoms with Gasteiger partial charge in [0.25, 0.3) is 0 Å². The third kappa shape index (κ3) is 10.5. The van der Waals surface area contributed by atoms with Gasteiger partial charge in [0.15, 0.2) is 0 Å². The van der Waals surface area contributed by atoms with E-state index in [0.717, 1.165) is 6.42 Å². The summed E-state index contributed by atoms with van der Waals surface area (Å²) in [5.74, 6) is 0. The monoisotopic (exact) mass is 134 g/mol. The summed E-state index contributed by atoms with van der Waals surface area (Å²) < 4.78 is 4.56. The third-order valence-corrected chi connectivity index (χ3v) is 0.798. The van der Waals surface area contributed by atoms with Crippen LogP contribution in [0.1, 0.15) is 13.3 Å². The normalized spacial score (nSPS) is 7.38. The van der Waals surface area contributed by atoms with Crippen LogP contribution in [0.3, 0.4) is 0 Å². The summed E-state index contributed by atoms with van der Waals surface area (Å²) in [6.07, 6.45) is 0.925. The second-order valence-electron chi connectivity index (χ2n) is 1.34. The Bertz CT molecular complexity index is 65.1. The van der Waals surface area contributed by atoms with Crippen molar-refractivity contribution in [3.63, 3.8) is 0 Å². The number of rotatable bonds is 2. The number of hydrogen-bond acceptors (Lipinski definition) is 2. The van der Waals surface area contributed by atoms with Gasteiger partial charge in [-0.15, -0.1) is 0 Å². The maximum absolute atomic E-state index is 10.0. The van der Waals surface area contributed by atoms with Crippen LogP contribution in [0.15, 0.2) is 0 Å². The molecule has 0 radical (unpaired) electrons. The Balaban J connectivity index is 0. The molecule has 0 saturated heterocycles. The molecule has 0 aliphatic carbocycles. The van der Waals surface area contributed by atoms with Crippen LogP contribution in [0.25, 0.3) is 0 Å². The van der Waals surface area contributed by atoms with Crippen LogP contribution in [0.5, 0.6) is 0 Å². The molecule has 0 fully saturated rings. The van der Waals surface area contributed by atoms with Crippen molar-refractivity contribution in [3.05, 3.63) is 0 Å². The van der Waals surface area contributed by atoms with E-state index in [1.54, 1.807) is 0 Å². The fourth-order valence-corrected chi connectivity index (χ4v) is 0.450. The molecule has 0 heterocycles. The van der Waals surface area contributed by atoms with Gasteiger partial charge in [-0.25, -0.2) is 0 Å². The molecule has 0 N–H and O–H groups in total. The van der Waals surface area contributed by atoms with E-state index in [0.29, 0.717) is 34.5 Å². The molecule has 0 spiro atoms. The summed E-state index contributed by atoms with van der Waals surface area (Å²) in [7, 11) is 0. The van der Waals surface area contributed by atoms with Crippen LogP contribution in [0.4, 0.5) is 4.79 Å². The van der Waals surface area contributed by atoms with E-state index in [4.69, 9.17) is 0 Å². The van der Waals surface area contributed by atoms with Gasteiger partial charge >= 0.3 is 90.2 Å². The molecule has 4 heteroatoms. The molecule has 0 aliphatic heterocycles. The predicted octanol–water partition coefficient (Wildman–Crippen LogP) is 0.0530. The Labute approximate surface area is 89.1 Å². The molecule has 38 valence electrons. The molecular weight excluding hydrogens is 126 g/mol. The van der Waals surface area contributed by atoms with Gasteiger partial charge in [0.1, 0.15) is 0 Å². The molecule has 0 atom stereocenters. The van der Waals surface area contributed by atoms with Crippen LogP contribution in [-0.4, -0.2) is 67.3 Å². The molecule has 8 heavy (non-hydrogen) atoms. The predicted molar refractivity (Wildman–Crippen MR) is 34.5 cm³/mol. The Morgan fingerprint density at radius 3 is 2.38 bits per heavy atom. The molecule has 0 saturated carbocycles. The molecule has 2 nitrogen and oxygen atoms in total. The minimum absolute atomic E-state index is 0. The Hall–Kier alpha value is 1.47. The van der Waals surface area contributed by atoms with Crippen molar-refractivity contribution in [3.8, 4) is 0 Å². The number of hydrogen-bond donors (Lipinski definition) is 0. The van der Waals surface area contributed by atoms with Crippen molar-refractivity contribution in [2.75, 3.05) is 6.61 Å². The van der Waals surface area contributed by atoms with E-state index < -0.39 is 0 Å². The minimum atomic E-state index is -0.0538. The quantitative estimate of drug-likeness (QED) is 0.499. The van der Waals surface area contributed by atoms with Gasteiger partial charge in [-0.1, -0.05) is 0 Å². The zero-order valence-electron chi connectivity index (χ0n) is 4.73. The van der Waals surface area contributed by atoms with E-state index in [2.05, 4.69) is 4.74 Å². The Kier molecular flexibility index (Phi) is 12.9. The molecule has 0 bridgehead atoms. The molecule has 0 aromatic carbocycles. The van der Waals surface area contributed by atoms with Gasteiger partial charge in [-0.05, 0) is 0 Å². The first-order chi connectivity index (χ1) is 3.27. The van der Waals surface area contributed by atoms with E-state index in [1.807, 2.05) is 6.92 Å².